The molecule has 16 heavy (non-hydrogen) atoms. The largest absolute Gasteiger partial charge is 0.465 e. The van der Waals surface area contributed by atoms with E-state index in [0.717, 1.165) is 0 Å². The van der Waals surface area contributed by atoms with Crippen LogP contribution in [0.1, 0.15) is 5.76 Å². The number of aryl methyl sites for hydroxylation is 1. The molecule has 0 aliphatic carbocycles. The van der Waals surface area contributed by atoms with Crippen molar-refractivity contribution in [2.45, 2.75) is 6.92 Å². The summed E-state index contributed by atoms with van der Waals surface area (Å²) < 4.78 is 14.5. The number of carbonyl (C=O) groups excluding carboxylic acids is 1. The van der Waals surface area contributed by atoms with Crippen molar-refractivity contribution in [2.75, 3.05) is 26.9 Å². The molecule has 0 aliphatic rings. The number of amides is 1. The van der Waals surface area contributed by atoms with Crippen LogP contribution in [-0.4, -0.2) is 38.0 Å². The van der Waals surface area contributed by atoms with Crippen molar-refractivity contribution in [3.63, 3.8) is 0 Å². The predicted molar refractivity (Wildman–Crippen MR) is 52.7 cm³/mol. The lowest BCUT2D eigenvalue weighted by Gasteiger charge is -2.04. The number of hydroxylamine groups is 1. The van der Waals surface area contributed by atoms with E-state index in [1.807, 2.05) is 0 Å². The van der Waals surface area contributed by atoms with E-state index in [-0.39, 0.29) is 19.1 Å². The van der Waals surface area contributed by atoms with E-state index in [4.69, 9.17) is 18.8 Å². The fourth-order valence-corrected chi connectivity index (χ4v) is 0.837. The van der Waals surface area contributed by atoms with Crippen LogP contribution in [-0.2, 0) is 14.4 Å². The zero-order valence-corrected chi connectivity index (χ0v) is 9.19. The summed E-state index contributed by atoms with van der Waals surface area (Å²) in [6, 6.07) is 1.58. The average Bonchev–Trinajstić information content (AvgIpc) is 2.68. The van der Waals surface area contributed by atoms with Crippen LogP contribution in [0.25, 0.3) is 0 Å². The van der Waals surface area contributed by atoms with Gasteiger partial charge < -0.3 is 14.0 Å². The van der Waals surface area contributed by atoms with E-state index in [9.17, 15) is 4.79 Å². The molecule has 0 fully saturated rings. The van der Waals surface area contributed by atoms with Gasteiger partial charge >= 0.3 is 0 Å². The third-order valence-electron chi connectivity index (χ3n) is 1.53. The van der Waals surface area contributed by atoms with Crippen LogP contribution in [0.4, 0.5) is 0 Å². The van der Waals surface area contributed by atoms with Crippen LogP contribution in [0.15, 0.2) is 10.6 Å². The van der Waals surface area contributed by atoms with Gasteiger partial charge in [-0.1, -0.05) is 0 Å². The van der Waals surface area contributed by atoms with Gasteiger partial charge in [0.2, 0.25) is 0 Å². The number of hydrogen-bond acceptors (Lipinski definition) is 6. The standard InChI is InChI=1S/C9H14N2O5/c1-7-5-9(11-16-7)14-6-8(12)10-15-4-3-13-2/h5H,3-4,6H2,1-2H3,(H,10,12). The molecule has 0 saturated heterocycles. The molecule has 0 atom stereocenters. The molecule has 1 aromatic heterocycles. The lowest BCUT2D eigenvalue weighted by molar-refractivity contribution is -0.136. The summed E-state index contributed by atoms with van der Waals surface area (Å²) in [7, 11) is 1.54. The van der Waals surface area contributed by atoms with Crippen LogP contribution >= 0.6 is 0 Å². The molecule has 90 valence electrons. The Balaban J connectivity index is 2.10. The summed E-state index contributed by atoms with van der Waals surface area (Å²) in [5.41, 5.74) is 2.19. The number of ether oxygens (including phenoxy) is 2. The summed E-state index contributed by atoms with van der Waals surface area (Å²) in [5, 5.41) is 3.56. The second-order valence-electron chi connectivity index (χ2n) is 2.93. The summed E-state index contributed by atoms with van der Waals surface area (Å²) in [5.74, 6) is 0.480. The van der Waals surface area contributed by atoms with Gasteiger partial charge in [0.05, 0.1) is 13.2 Å². The molecule has 0 aromatic carbocycles. The van der Waals surface area contributed by atoms with E-state index >= 15 is 0 Å². The molecule has 1 N–H and O–H groups in total. The van der Waals surface area contributed by atoms with Crippen molar-refractivity contribution in [2.24, 2.45) is 0 Å². The van der Waals surface area contributed by atoms with Gasteiger partial charge in [-0.3, -0.25) is 9.63 Å². The minimum atomic E-state index is -0.406. The van der Waals surface area contributed by atoms with Crippen LogP contribution in [0.3, 0.4) is 0 Å². The van der Waals surface area contributed by atoms with Crippen molar-refractivity contribution in [3.05, 3.63) is 11.8 Å². The topological polar surface area (TPSA) is 82.8 Å². The molecule has 1 rings (SSSR count). The van der Waals surface area contributed by atoms with Crippen LogP contribution in [0.5, 0.6) is 5.88 Å². The highest BCUT2D eigenvalue weighted by atomic mass is 16.7. The van der Waals surface area contributed by atoms with E-state index < -0.39 is 5.91 Å². The molecular weight excluding hydrogens is 216 g/mol. The van der Waals surface area contributed by atoms with E-state index in [2.05, 4.69) is 10.6 Å². The van der Waals surface area contributed by atoms with Crippen molar-refractivity contribution < 1.29 is 23.6 Å². The number of hydrogen-bond donors (Lipinski definition) is 1. The number of nitrogens with zero attached hydrogens (tertiary/aromatic N) is 1. The van der Waals surface area contributed by atoms with Crippen molar-refractivity contribution >= 4 is 5.91 Å². The maximum absolute atomic E-state index is 11.1. The molecule has 0 aliphatic heterocycles. The Morgan fingerprint density at radius 2 is 2.38 bits per heavy atom. The Morgan fingerprint density at radius 1 is 1.56 bits per heavy atom. The summed E-state index contributed by atoms with van der Waals surface area (Å²) in [6.45, 7) is 2.24. The first kappa shape index (κ1) is 12.5. The smallest absolute Gasteiger partial charge is 0.281 e. The first-order chi connectivity index (χ1) is 7.72. The third kappa shape index (κ3) is 4.76. The molecule has 1 amide bonds. The summed E-state index contributed by atoms with van der Waals surface area (Å²) in [6.07, 6.45) is 0. The van der Waals surface area contributed by atoms with Crippen LogP contribution < -0.4 is 10.2 Å². The molecule has 1 heterocycles. The number of carbonyl (C=O) groups is 1. The van der Waals surface area contributed by atoms with Crippen LogP contribution in [0.2, 0.25) is 0 Å². The lowest BCUT2D eigenvalue weighted by atomic mass is 10.5. The monoisotopic (exact) mass is 230 g/mol. The first-order valence-corrected chi connectivity index (χ1v) is 4.68. The Bertz CT molecular complexity index is 325. The predicted octanol–water partition coefficient (Wildman–Crippen LogP) is 0.0560. The normalized spacial score (nSPS) is 10.1. The fraction of sp³-hybridized carbons (Fsp3) is 0.556. The van der Waals surface area contributed by atoms with Gasteiger partial charge in [0.1, 0.15) is 5.76 Å². The Labute approximate surface area is 92.6 Å². The number of nitrogens with one attached hydrogen (secondary N) is 1. The fourth-order valence-electron chi connectivity index (χ4n) is 0.837. The van der Waals surface area contributed by atoms with Gasteiger partial charge in [-0.05, 0) is 12.1 Å². The minimum Gasteiger partial charge on any atom is -0.465 e. The molecular formula is C9H14N2O5. The zero-order chi connectivity index (χ0) is 11.8. The van der Waals surface area contributed by atoms with Gasteiger partial charge in [0.25, 0.3) is 11.8 Å². The highest BCUT2D eigenvalue weighted by Crippen LogP contribution is 2.08. The third-order valence-corrected chi connectivity index (χ3v) is 1.53. The molecule has 7 heteroatoms. The van der Waals surface area contributed by atoms with Gasteiger partial charge in [-0.2, -0.15) is 0 Å². The van der Waals surface area contributed by atoms with E-state index in [0.29, 0.717) is 12.4 Å². The van der Waals surface area contributed by atoms with Gasteiger partial charge in [-0.25, -0.2) is 5.48 Å². The van der Waals surface area contributed by atoms with Gasteiger partial charge in [0.15, 0.2) is 6.61 Å². The molecule has 1 aromatic rings. The Kier molecular flexibility index (Phi) is 5.30. The second-order valence-corrected chi connectivity index (χ2v) is 2.93. The lowest BCUT2D eigenvalue weighted by Crippen LogP contribution is -2.30. The molecule has 7 nitrogen and oxygen atoms in total. The molecule has 0 bridgehead atoms. The maximum atomic E-state index is 11.1. The van der Waals surface area contributed by atoms with Crippen LogP contribution in [0, 0.1) is 6.92 Å². The number of methoxy groups -OCH3 is 1. The second kappa shape index (κ2) is 6.81. The number of rotatable bonds is 7. The highest BCUT2D eigenvalue weighted by molar-refractivity contribution is 5.76. The Morgan fingerprint density at radius 3 is 3.00 bits per heavy atom. The zero-order valence-electron chi connectivity index (χ0n) is 9.19. The summed E-state index contributed by atoms with van der Waals surface area (Å²) >= 11 is 0. The molecule has 0 unspecified atom stereocenters. The molecule has 0 saturated carbocycles. The SMILES string of the molecule is COCCONC(=O)COc1cc(C)on1. The molecule has 0 spiro atoms. The highest BCUT2D eigenvalue weighted by Gasteiger charge is 2.05. The molecule has 0 radical (unpaired) electrons. The van der Waals surface area contributed by atoms with Crippen molar-refractivity contribution in [3.8, 4) is 5.88 Å². The quantitative estimate of drug-likeness (QED) is 0.526. The average molecular weight is 230 g/mol. The van der Waals surface area contributed by atoms with Gasteiger partial charge in [0, 0.05) is 13.2 Å². The van der Waals surface area contributed by atoms with E-state index in [1.165, 1.54) is 0 Å². The van der Waals surface area contributed by atoms with Crippen molar-refractivity contribution in [1.29, 1.82) is 0 Å². The first-order valence-electron chi connectivity index (χ1n) is 4.68. The Hall–Kier alpha value is -1.60. The number of aromatic nitrogens is 1. The maximum Gasteiger partial charge on any atom is 0.281 e. The minimum absolute atomic E-state index is 0.182. The summed E-state index contributed by atoms with van der Waals surface area (Å²) in [4.78, 5) is 15.9. The van der Waals surface area contributed by atoms with Crippen molar-refractivity contribution in [1.82, 2.24) is 10.6 Å². The van der Waals surface area contributed by atoms with Gasteiger partial charge in [-0.15, -0.1) is 0 Å². The van der Waals surface area contributed by atoms with E-state index in [1.54, 1.807) is 20.1 Å².